The maximum absolute atomic E-state index is 12.0. The molecule has 1 aromatic rings. The molecule has 1 saturated carbocycles. The molecule has 4 N–H and O–H groups in total. The van der Waals surface area contributed by atoms with Gasteiger partial charge in [-0.1, -0.05) is 17.7 Å². The van der Waals surface area contributed by atoms with E-state index in [1.54, 1.807) is 12.1 Å². The van der Waals surface area contributed by atoms with Crippen molar-refractivity contribution < 1.29 is 33.0 Å². The van der Waals surface area contributed by atoms with E-state index in [-0.39, 0.29) is 11.3 Å². The van der Waals surface area contributed by atoms with Gasteiger partial charge in [0, 0.05) is 5.92 Å². The summed E-state index contributed by atoms with van der Waals surface area (Å²) in [5.41, 5.74) is 0.905. The lowest BCUT2D eigenvalue weighted by Crippen LogP contribution is -2.54. The van der Waals surface area contributed by atoms with E-state index in [0.29, 0.717) is 0 Å². The molecule has 0 unspecified atom stereocenters. The Bertz CT molecular complexity index is 598. The van der Waals surface area contributed by atoms with E-state index in [1.807, 2.05) is 6.92 Å². The lowest BCUT2D eigenvalue weighted by molar-refractivity contribution is -0.161. The number of aliphatic hydroxyl groups excluding tert-OH is 4. The first kappa shape index (κ1) is 17.3. The smallest absolute Gasteiger partial charge is 0.296 e. The van der Waals surface area contributed by atoms with Gasteiger partial charge in [0.05, 0.1) is 23.7 Å². The van der Waals surface area contributed by atoms with Crippen LogP contribution in [-0.4, -0.2) is 59.9 Å². The second-order valence-corrected chi connectivity index (χ2v) is 7.20. The largest absolute Gasteiger partial charge is 0.390 e. The van der Waals surface area contributed by atoms with Crippen molar-refractivity contribution in [2.45, 2.75) is 42.7 Å². The number of benzene rings is 1. The van der Waals surface area contributed by atoms with Crippen molar-refractivity contribution in [3.63, 3.8) is 0 Å². The summed E-state index contributed by atoms with van der Waals surface area (Å²) >= 11 is 0. The summed E-state index contributed by atoms with van der Waals surface area (Å²) in [5, 5.41) is 38.5. The van der Waals surface area contributed by atoms with Crippen LogP contribution >= 0.6 is 0 Å². The first-order chi connectivity index (χ1) is 10.2. The number of hydrogen-bond donors (Lipinski definition) is 4. The standard InChI is InChI=1S/C14H20O7S/c1-8-2-4-10(5-3-8)22(19,20)21-7-9-6-11(15)13(17)14(18)12(9)16/h2-5,9,11-18H,6-7H2,1H3/t9-,11+,12+,13+,14+/m1/s1. The number of hydrogen-bond acceptors (Lipinski definition) is 7. The first-order valence-electron chi connectivity index (χ1n) is 6.91. The molecule has 7 nitrogen and oxygen atoms in total. The Morgan fingerprint density at radius 1 is 1.05 bits per heavy atom. The molecule has 1 fully saturated rings. The van der Waals surface area contributed by atoms with Gasteiger partial charge in [0.15, 0.2) is 0 Å². The zero-order valence-electron chi connectivity index (χ0n) is 12.0. The molecule has 0 amide bonds. The Labute approximate surface area is 128 Å². The number of aryl methyl sites for hydroxylation is 1. The Morgan fingerprint density at radius 3 is 2.23 bits per heavy atom. The minimum atomic E-state index is -3.99. The summed E-state index contributed by atoms with van der Waals surface area (Å²) in [6, 6.07) is 6.09. The molecule has 0 bridgehead atoms. The van der Waals surface area contributed by atoms with Crippen LogP contribution in [0, 0.1) is 12.8 Å². The molecule has 0 radical (unpaired) electrons. The topological polar surface area (TPSA) is 124 Å². The summed E-state index contributed by atoms with van der Waals surface area (Å²) < 4.78 is 29.0. The molecule has 1 aliphatic carbocycles. The fourth-order valence-electron chi connectivity index (χ4n) is 2.41. The minimum Gasteiger partial charge on any atom is -0.390 e. The predicted octanol–water partition coefficient (Wildman–Crippen LogP) is -0.836. The van der Waals surface area contributed by atoms with E-state index < -0.39 is 47.1 Å². The van der Waals surface area contributed by atoms with E-state index in [1.165, 1.54) is 12.1 Å². The molecule has 0 spiro atoms. The third kappa shape index (κ3) is 3.65. The molecule has 124 valence electrons. The number of aliphatic hydroxyl groups is 4. The average Bonchev–Trinajstić information content (AvgIpc) is 2.48. The SMILES string of the molecule is Cc1ccc(S(=O)(=O)OC[C@H]2C[C@H](O)[C@H](O)[C@@H](O)[C@H]2O)cc1. The molecule has 0 saturated heterocycles. The van der Waals surface area contributed by atoms with Gasteiger partial charge in [-0.15, -0.1) is 0 Å². The minimum absolute atomic E-state index is 0.00969. The zero-order valence-corrected chi connectivity index (χ0v) is 12.8. The quantitative estimate of drug-likeness (QED) is 0.530. The van der Waals surface area contributed by atoms with E-state index in [2.05, 4.69) is 0 Å². The highest BCUT2D eigenvalue weighted by molar-refractivity contribution is 7.86. The van der Waals surface area contributed by atoms with E-state index in [4.69, 9.17) is 4.18 Å². The maximum atomic E-state index is 12.0. The lowest BCUT2D eigenvalue weighted by atomic mass is 9.81. The van der Waals surface area contributed by atoms with Gasteiger partial charge in [-0.25, -0.2) is 0 Å². The summed E-state index contributed by atoms with van der Waals surface area (Å²) in [6.07, 6.45) is -5.68. The highest BCUT2D eigenvalue weighted by atomic mass is 32.2. The van der Waals surface area contributed by atoms with Crippen LogP contribution in [0.15, 0.2) is 29.2 Å². The van der Waals surface area contributed by atoms with Gasteiger partial charge in [0.1, 0.15) is 12.2 Å². The monoisotopic (exact) mass is 332 g/mol. The van der Waals surface area contributed by atoms with Crippen LogP contribution in [0.5, 0.6) is 0 Å². The molecule has 0 aromatic heterocycles. The second-order valence-electron chi connectivity index (χ2n) is 5.59. The third-order valence-electron chi connectivity index (χ3n) is 3.87. The Balaban J connectivity index is 2.04. The van der Waals surface area contributed by atoms with Crippen LogP contribution in [0.4, 0.5) is 0 Å². The van der Waals surface area contributed by atoms with Crippen LogP contribution in [0.1, 0.15) is 12.0 Å². The van der Waals surface area contributed by atoms with Gasteiger partial charge >= 0.3 is 0 Å². The van der Waals surface area contributed by atoms with Crippen molar-refractivity contribution in [2.75, 3.05) is 6.61 Å². The maximum Gasteiger partial charge on any atom is 0.296 e. The molecule has 0 aliphatic heterocycles. The fraction of sp³-hybridized carbons (Fsp3) is 0.571. The average molecular weight is 332 g/mol. The van der Waals surface area contributed by atoms with Crippen LogP contribution < -0.4 is 0 Å². The third-order valence-corrected chi connectivity index (χ3v) is 5.16. The molecule has 0 heterocycles. The van der Waals surface area contributed by atoms with Crippen molar-refractivity contribution in [2.24, 2.45) is 5.92 Å². The predicted molar refractivity (Wildman–Crippen MR) is 76.5 cm³/mol. The van der Waals surface area contributed by atoms with E-state index >= 15 is 0 Å². The Hall–Kier alpha value is -1.03. The van der Waals surface area contributed by atoms with Gasteiger partial charge in [-0.05, 0) is 25.5 Å². The number of rotatable bonds is 4. The lowest BCUT2D eigenvalue weighted by Gasteiger charge is -2.37. The van der Waals surface area contributed by atoms with Gasteiger partial charge in [-0.3, -0.25) is 4.18 Å². The Kier molecular flexibility index (Phi) is 5.21. The highest BCUT2D eigenvalue weighted by Gasteiger charge is 2.42. The van der Waals surface area contributed by atoms with Gasteiger partial charge in [0.2, 0.25) is 0 Å². The van der Waals surface area contributed by atoms with Crippen molar-refractivity contribution in [1.29, 1.82) is 0 Å². The van der Waals surface area contributed by atoms with Gasteiger partial charge in [-0.2, -0.15) is 8.42 Å². The van der Waals surface area contributed by atoms with Crippen LogP contribution in [0.25, 0.3) is 0 Å². The molecule has 5 atom stereocenters. The van der Waals surface area contributed by atoms with Gasteiger partial charge in [0.25, 0.3) is 10.1 Å². The van der Waals surface area contributed by atoms with Crippen LogP contribution in [-0.2, 0) is 14.3 Å². The van der Waals surface area contributed by atoms with E-state index in [9.17, 15) is 28.8 Å². The summed E-state index contributed by atoms with van der Waals surface area (Å²) in [5.74, 6) is -0.798. The summed E-state index contributed by atoms with van der Waals surface area (Å²) in [4.78, 5) is -0.00969. The summed E-state index contributed by atoms with van der Waals surface area (Å²) in [6.45, 7) is 1.43. The fourth-order valence-corrected chi connectivity index (χ4v) is 3.37. The van der Waals surface area contributed by atoms with Crippen LogP contribution in [0.3, 0.4) is 0 Å². The first-order valence-corrected chi connectivity index (χ1v) is 8.31. The summed E-state index contributed by atoms with van der Waals surface area (Å²) in [7, 11) is -3.99. The molecule has 22 heavy (non-hydrogen) atoms. The second kappa shape index (κ2) is 6.61. The molecule has 2 rings (SSSR count). The van der Waals surface area contributed by atoms with Crippen molar-refractivity contribution in [3.05, 3.63) is 29.8 Å². The van der Waals surface area contributed by atoms with Crippen molar-refractivity contribution in [3.8, 4) is 0 Å². The Morgan fingerprint density at radius 2 is 1.64 bits per heavy atom. The molecule has 1 aliphatic rings. The van der Waals surface area contributed by atoms with Crippen LogP contribution in [0.2, 0.25) is 0 Å². The van der Waals surface area contributed by atoms with Gasteiger partial charge < -0.3 is 20.4 Å². The van der Waals surface area contributed by atoms with E-state index in [0.717, 1.165) is 5.56 Å². The molecular weight excluding hydrogens is 312 g/mol. The molecule has 8 heteroatoms. The highest BCUT2D eigenvalue weighted by Crippen LogP contribution is 2.27. The van der Waals surface area contributed by atoms with Crippen molar-refractivity contribution in [1.82, 2.24) is 0 Å². The molecule has 1 aromatic carbocycles. The molecular formula is C14H20O7S. The zero-order chi connectivity index (χ0) is 16.5. The van der Waals surface area contributed by atoms with Crippen molar-refractivity contribution >= 4 is 10.1 Å². The normalized spacial score (nSPS) is 32.9.